The summed E-state index contributed by atoms with van der Waals surface area (Å²) >= 11 is 0. The molecule has 124 valence electrons. The van der Waals surface area contributed by atoms with Crippen molar-refractivity contribution in [1.82, 2.24) is 20.2 Å². The van der Waals surface area contributed by atoms with Crippen LogP contribution in [0.1, 0.15) is 27.2 Å². The van der Waals surface area contributed by atoms with Crippen LogP contribution in [-0.2, 0) is 16.1 Å². The molecule has 6 heteroatoms. The summed E-state index contributed by atoms with van der Waals surface area (Å²) in [5.74, 6) is -0.272. The predicted octanol–water partition coefficient (Wildman–Crippen LogP) is 1.70. The van der Waals surface area contributed by atoms with Crippen molar-refractivity contribution in [3.8, 4) is 0 Å². The highest BCUT2D eigenvalue weighted by Crippen LogP contribution is 2.11. The van der Waals surface area contributed by atoms with Crippen LogP contribution in [0.15, 0.2) is 30.6 Å². The average molecular weight is 316 g/mol. The molecule has 1 unspecified atom stereocenters. The normalized spacial score (nSPS) is 12.3. The number of benzene rings is 1. The van der Waals surface area contributed by atoms with Gasteiger partial charge in [0.05, 0.1) is 17.4 Å². The van der Waals surface area contributed by atoms with Gasteiger partial charge in [-0.3, -0.25) is 9.59 Å². The molecule has 2 rings (SSSR count). The van der Waals surface area contributed by atoms with Crippen LogP contribution < -0.4 is 10.6 Å². The third kappa shape index (κ3) is 4.55. The predicted molar refractivity (Wildman–Crippen MR) is 89.8 cm³/mol. The van der Waals surface area contributed by atoms with E-state index in [4.69, 9.17) is 0 Å². The van der Waals surface area contributed by atoms with E-state index in [2.05, 4.69) is 20.2 Å². The number of carbonyl (C=O) groups excluding carboxylic acids is 2. The van der Waals surface area contributed by atoms with E-state index >= 15 is 0 Å². The monoisotopic (exact) mass is 316 g/mol. The summed E-state index contributed by atoms with van der Waals surface area (Å²) in [6, 6.07) is 7.49. The number of aryl methyl sites for hydroxylation is 1. The quantitative estimate of drug-likeness (QED) is 0.763. The first-order chi connectivity index (χ1) is 11.0. The first kappa shape index (κ1) is 17.0. The first-order valence-corrected chi connectivity index (χ1v) is 7.93. The number of nitrogens with zero attached hydrogens (tertiary/aromatic N) is 2. The molecule has 6 nitrogen and oxygen atoms in total. The van der Waals surface area contributed by atoms with E-state index in [1.807, 2.05) is 44.4 Å². The maximum atomic E-state index is 12.1. The van der Waals surface area contributed by atoms with E-state index in [0.717, 1.165) is 24.0 Å². The van der Waals surface area contributed by atoms with Crippen LogP contribution in [0.2, 0.25) is 0 Å². The van der Waals surface area contributed by atoms with Gasteiger partial charge in [0, 0.05) is 20.0 Å². The molecular weight excluding hydrogens is 292 g/mol. The van der Waals surface area contributed by atoms with Gasteiger partial charge in [0.15, 0.2) is 0 Å². The second kappa shape index (κ2) is 7.76. The van der Waals surface area contributed by atoms with Crippen molar-refractivity contribution in [2.24, 2.45) is 5.92 Å². The molecule has 0 saturated heterocycles. The van der Waals surface area contributed by atoms with Crippen LogP contribution in [0.25, 0.3) is 11.0 Å². The SMILES string of the molecule is CC(=O)NC(C(=O)NCCCn1cnc2ccccc21)C(C)C. The van der Waals surface area contributed by atoms with Crippen LogP contribution in [-0.4, -0.2) is 34.0 Å². The van der Waals surface area contributed by atoms with E-state index in [9.17, 15) is 9.59 Å². The fraction of sp³-hybridized carbons (Fsp3) is 0.471. The Labute approximate surface area is 136 Å². The Morgan fingerprint density at radius 3 is 2.70 bits per heavy atom. The highest BCUT2D eigenvalue weighted by molar-refractivity contribution is 5.87. The lowest BCUT2D eigenvalue weighted by atomic mass is 10.0. The van der Waals surface area contributed by atoms with Gasteiger partial charge in [0.1, 0.15) is 6.04 Å². The Kier molecular flexibility index (Phi) is 5.73. The average Bonchev–Trinajstić information content (AvgIpc) is 2.92. The summed E-state index contributed by atoms with van der Waals surface area (Å²) in [6.45, 7) is 6.60. The molecule has 0 aliphatic rings. The number of hydrogen-bond acceptors (Lipinski definition) is 3. The van der Waals surface area contributed by atoms with Crippen LogP contribution >= 0.6 is 0 Å². The molecule has 2 amide bonds. The number of fused-ring (bicyclic) bond motifs is 1. The Morgan fingerprint density at radius 2 is 2.00 bits per heavy atom. The van der Waals surface area contributed by atoms with Gasteiger partial charge in [-0.05, 0) is 24.5 Å². The van der Waals surface area contributed by atoms with Crippen molar-refractivity contribution in [3.05, 3.63) is 30.6 Å². The van der Waals surface area contributed by atoms with E-state index in [1.165, 1.54) is 6.92 Å². The smallest absolute Gasteiger partial charge is 0.242 e. The minimum atomic E-state index is -0.485. The number of carbonyl (C=O) groups is 2. The lowest BCUT2D eigenvalue weighted by molar-refractivity contribution is -0.129. The van der Waals surface area contributed by atoms with Crippen molar-refractivity contribution in [3.63, 3.8) is 0 Å². The van der Waals surface area contributed by atoms with Crippen LogP contribution in [0, 0.1) is 5.92 Å². The Hall–Kier alpha value is -2.37. The molecule has 0 radical (unpaired) electrons. The molecule has 2 aromatic rings. The van der Waals surface area contributed by atoms with Gasteiger partial charge < -0.3 is 15.2 Å². The first-order valence-electron chi connectivity index (χ1n) is 7.93. The molecule has 1 aromatic heterocycles. The van der Waals surface area contributed by atoms with E-state index in [1.54, 1.807) is 0 Å². The van der Waals surface area contributed by atoms with Crippen LogP contribution in [0.4, 0.5) is 0 Å². The van der Waals surface area contributed by atoms with Crippen molar-refractivity contribution in [2.75, 3.05) is 6.54 Å². The molecule has 0 aliphatic carbocycles. The topological polar surface area (TPSA) is 76.0 Å². The second-order valence-corrected chi connectivity index (χ2v) is 5.99. The third-order valence-corrected chi connectivity index (χ3v) is 3.71. The summed E-state index contributed by atoms with van der Waals surface area (Å²) in [4.78, 5) is 27.7. The van der Waals surface area contributed by atoms with E-state index in [0.29, 0.717) is 6.54 Å². The number of rotatable bonds is 7. The summed E-state index contributed by atoms with van der Waals surface area (Å²) in [7, 11) is 0. The summed E-state index contributed by atoms with van der Waals surface area (Å²) < 4.78 is 2.08. The van der Waals surface area contributed by atoms with Crippen molar-refractivity contribution in [1.29, 1.82) is 0 Å². The van der Waals surface area contributed by atoms with Gasteiger partial charge in [-0.1, -0.05) is 26.0 Å². The number of amides is 2. The van der Waals surface area contributed by atoms with E-state index in [-0.39, 0.29) is 17.7 Å². The van der Waals surface area contributed by atoms with E-state index < -0.39 is 6.04 Å². The third-order valence-electron chi connectivity index (χ3n) is 3.71. The zero-order valence-electron chi connectivity index (χ0n) is 13.9. The molecule has 1 atom stereocenters. The molecule has 0 bridgehead atoms. The highest BCUT2D eigenvalue weighted by atomic mass is 16.2. The molecule has 0 aliphatic heterocycles. The standard InChI is InChI=1S/C17H24N4O2/c1-12(2)16(20-13(3)22)17(23)18-9-6-10-21-11-19-14-7-4-5-8-15(14)21/h4-5,7-8,11-12,16H,6,9-10H2,1-3H3,(H,18,23)(H,20,22). The van der Waals surface area contributed by atoms with Gasteiger partial charge in [0.25, 0.3) is 0 Å². The number of aromatic nitrogens is 2. The molecule has 23 heavy (non-hydrogen) atoms. The Morgan fingerprint density at radius 1 is 1.26 bits per heavy atom. The number of para-hydroxylation sites is 2. The largest absolute Gasteiger partial charge is 0.354 e. The van der Waals surface area contributed by atoms with Crippen molar-refractivity contribution in [2.45, 2.75) is 39.8 Å². The zero-order chi connectivity index (χ0) is 16.8. The number of nitrogens with one attached hydrogen (secondary N) is 2. The molecule has 1 aromatic carbocycles. The number of imidazole rings is 1. The molecule has 0 fully saturated rings. The maximum absolute atomic E-state index is 12.1. The molecule has 1 heterocycles. The lowest BCUT2D eigenvalue weighted by Gasteiger charge is -2.20. The van der Waals surface area contributed by atoms with Crippen LogP contribution in [0.3, 0.4) is 0 Å². The van der Waals surface area contributed by atoms with Gasteiger partial charge in [-0.25, -0.2) is 4.98 Å². The zero-order valence-corrected chi connectivity index (χ0v) is 13.9. The fourth-order valence-electron chi connectivity index (χ4n) is 2.51. The Bertz CT molecular complexity index is 678. The second-order valence-electron chi connectivity index (χ2n) is 5.99. The van der Waals surface area contributed by atoms with Gasteiger partial charge in [0.2, 0.25) is 11.8 Å². The fourth-order valence-corrected chi connectivity index (χ4v) is 2.51. The lowest BCUT2D eigenvalue weighted by Crippen LogP contribution is -2.49. The van der Waals surface area contributed by atoms with Crippen LogP contribution in [0.5, 0.6) is 0 Å². The molecule has 2 N–H and O–H groups in total. The molecular formula is C17H24N4O2. The maximum Gasteiger partial charge on any atom is 0.242 e. The minimum absolute atomic E-state index is 0.0523. The van der Waals surface area contributed by atoms with Gasteiger partial charge >= 0.3 is 0 Å². The molecule has 0 spiro atoms. The summed E-state index contributed by atoms with van der Waals surface area (Å²) in [5, 5.41) is 5.58. The summed E-state index contributed by atoms with van der Waals surface area (Å²) in [6.07, 6.45) is 2.62. The minimum Gasteiger partial charge on any atom is -0.354 e. The molecule has 0 saturated carbocycles. The van der Waals surface area contributed by atoms with Gasteiger partial charge in [-0.15, -0.1) is 0 Å². The summed E-state index contributed by atoms with van der Waals surface area (Å²) in [5.41, 5.74) is 2.07. The number of hydrogen-bond donors (Lipinski definition) is 2. The van der Waals surface area contributed by atoms with Crippen molar-refractivity contribution < 1.29 is 9.59 Å². The van der Waals surface area contributed by atoms with Crippen molar-refractivity contribution >= 4 is 22.8 Å². The van der Waals surface area contributed by atoms with Gasteiger partial charge in [-0.2, -0.15) is 0 Å². The highest BCUT2D eigenvalue weighted by Gasteiger charge is 2.22. The Balaban J connectivity index is 1.82.